The number of benzene rings is 1. The van der Waals surface area contributed by atoms with Crippen LogP contribution in [-0.2, 0) is 11.1 Å². The lowest BCUT2D eigenvalue weighted by molar-refractivity contribution is 0.0910. The minimum absolute atomic E-state index is 0.0937. The predicted molar refractivity (Wildman–Crippen MR) is 87.6 cm³/mol. The van der Waals surface area contributed by atoms with Crippen LogP contribution in [0.1, 0.15) is 29.4 Å². The van der Waals surface area contributed by atoms with Gasteiger partial charge in [-0.3, -0.25) is 4.79 Å². The van der Waals surface area contributed by atoms with Gasteiger partial charge in [0.1, 0.15) is 4.08 Å². The maximum Gasteiger partial charge on any atom is 0.168 e. The lowest BCUT2D eigenvalue weighted by Gasteiger charge is -2.35. The van der Waals surface area contributed by atoms with Crippen molar-refractivity contribution in [2.24, 2.45) is 13.0 Å². The van der Waals surface area contributed by atoms with Crippen LogP contribution in [0.3, 0.4) is 0 Å². The summed E-state index contributed by atoms with van der Waals surface area (Å²) < 4.78 is 2.36. The topological polar surface area (TPSA) is 22.0 Å². The smallest absolute Gasteiger partial charge is 0.168 e. The summed E-state index contributed by atoms with van der Waals surface area (Å²) in [6.07, 6.45) is 0.971. The summed E-state index contributed by atoms with van der Waals surface area (Å²) >= 11 is 4.07. The van der Waals surface area contributed by atoms with E-state index in [1.165, 1.54) is 22.7 Å². The van der Waals surface area contributed by atoms with Gasteiger partial charge < -0.3 is 4.57 Å². The highest BCUT2D eigenvalue weighted by Crippen LogP contribution is 2.59. The summed E-state index contributed by atoms with van der Waals surface area (Å²) in [4.78, 5) is 12.8. The van der Waals surface area contributed by atoms with Crippen LogP contribution in [0.2, 0.25) is 0 Å². The van der Waals surface area contributed by atoms with Crippen molar-refractivity contribution >= 4 is 40.2 Å². The standard InChI is InChI=1S/C16H17NOS2/c1-10-9-16(19-7-8-20-16)15-13(14(10)18)11-5-3-4-6-12(11)17(15)2/h3-6,10H,7-9H2,1-2H3/t10-/m0/s1. The van der Waals surface area contributed by atoms with Gasteiger partial charge in [0.15, 0.2) is 5.78 Å². The fourth-order valence-corrected chi connectivity index (χ4v) is 7.28. The van der Waals surface area contributed by atoms with E-state index in [0.717, 1.165) is 17.4 Å². The highest BCUT2D eigenvalue weighted by molar-refractivity contribution is 8.20. The molecule has 0 amide bonds. The molecule has 1 aliphatic carbocycles. The highest BCUT2D eigenvalue weighted by Gasteiger charge is 2.49. The first-order chi connectivity index (χ1) is 9.64. The predicted octanol–water partition coefficient (Wildman–Crippen LogP) is 4.03. The molecule has 0 radical (unpaired) electrons. The highest BCUT2D eigenvalue weighted by atomic mass is 32.2. The molecule has 4 rings (SSSR count). The van der Waals surface area contributed by atoms with E-state index in [-0.39, 0.29) is 10.00 Å². The van der Waals surface area contributed by atoms with E-state index in [9.17, 15) is 4.79 Å². The van der Waals surface area contributed by atoms with Crippen LogP contribution in [-0.4, -0.2) is 21.9 Å². The molecule has 2 heterocycles. The first-order valence-corrected chi connectivity index (χ1v) is 9.01. The van der Waals surface area contributed by atoms with Gasteiger partial charge in [0.2, 0.25) is 0 Å². The number of para-hydroxylation sites is 1. The molecule has 1 aliphatic heterocycles. The molecule has 2 aliphatic rings. The quantitative estimate of drug-likeness (QED) is 0.733. The average Bonchev–Trinajstić information content (AvgIpc) is 3.01. The molecule has 2 aromatic rings. The molecule has 0 unspecified atom stereocenters. The van der Waals surface area contributed by atoms with Crippen LogP contribution in [0.25, 0.3) is 10.9 Å². The number of Topliss-reactive ketones (excluding diaryl/α,β-unsaturated/α-hetero) is 1. The zero-order chi connectivity index (χ0) is 13.9. The average molecular weight is 303 g/mol. The number of aromatic nitrogens is 1. The molecule has 1 saturated heterocycles. The third-order valence-electron chi connectivity index (χ3n) is 4.49. The largest absolute Gasteiger partial charge is 0.345 e. The van der Waals surface area contributed by atoms with Gasteiger partial charge in [-0.05, 0) is 12.5 Å². The van der Waals surface area contributed by atoms with Crippen molar-refractivity contribution in [2.75, 3.05) is 11.5 Å². The van der Waals surface area contributed by atoms with Crippen LogP contribution in [0.4, 0.5) is 0 Å². The minimum atomic E-state index is 0.0937. The van der Waals surface area contributed by atoms with E-state index in [2.05, 4.69) is 36.7 Å². The Bertz CT molecular complexity index is 713. The number of hydrogen-bond acceptors (Lipinski definition) is 3. The molecule has 104 valence electrons. The molecular weight excluding hydrogens is 286 g/mol. The van der Waals surface area contributed by atoms with E-state index in [1.807, 2.05) is 29.6 Å². The van der Waals surface area contributed by atoms with Gasteiger partial charge in [-0.1, -0.05) is 25.1 Å². The Morgan fingerprint density at radius 2 is 1.95 bits per heavy atom. The molecule has 20 heavy (non-hydrogen) atoms. The number of aryl methyl sites for hydroxylation is 1. The van der Waals surface area contributed by atoms with Gasteiger partial charge in [-0.2, -0.15) is 0 Å². The van der Waals surface area contributed by atoms with Crippen molar-refractivity contribution in [3.8, 4) is 0 Å². The van der Waals surface area contributed by atoms with Crippen LogP contribution in [0.5, 0.6) is 0 Å². The van der Waals surface area contributed by atoms with Gasteiger partial charge >= 0.3 is 0 Å². The van der Waals surface area contributed by atoms with Crippen molar-refractivity contribution in [3.63, 3.8) is 0 Å². The second-order valence-electron chi connectivity index (χ2n) is 5.72. The summed E-state index contributed by atoms with van der Waals surface area (Å²) in [5.41, 5.74) is 3.44. The number of nitrogens with zero attached hydrogens (tertiary/aromatic N) is 1. The van der Waals surface area contributed by atoms with Crippen molar-refractivity contribution in [1.82, 2.24) is 4.57 Å². The number of carbonyl (C=O) groups excluding carboxylic acids is 1. The normalized spacial score (nSPS) is 24.5. The maximum absolute atomic E-state index is 12.8. The van der Waals surface area contributed by atoms with Gasteiger partial charge in [0, 0.05) is 40.9 Å². The van der Waals surface area contributed by atoms with E-state index in [4.69, 9.17) is 0 Å². The molecular formula is C16H17NOS2. The van der Waals surface area contributed by atoms with Crippen LogP contribution < -0.4 is 0 Å². The van der Waals surface area contributed by atoms with Crippen LogP contribution in [0, 0.1) is 5.92 Å². The molecule has 1 atom stereocenters. The Morgan fingerprint density at radius 1 is 1.25 bits per heavy atom. The maximum atomic E-state index is 12.8. The Hall–Kier alpha value is -0.870. The Kier molecular flexibility index (Phi) is 2.77. The minimum Gasteiger partial charge on any atom is -0.345 e. The Morgan fingerprint density at radius 3 is 2.70 bits per heavy atom. The van der Waals surface area contributed by atoms with Crippen molar-refractivity contribution in [1.29, 1.82) is 0 Å². The lowest BCUT2D eigenvalue weighted by atomic mass is 9.85. The molecule has 1 spiro atoms. The molecule has 1 fully saturated rings. The number of hydrogen-bond donors (Lipinski definition) is 0. The van der Waals surface area contributed by atoms with E-state index < -0.39 is 0 Å². The second-order valence-corrected chi connectivity index (χ2v) is 8.77. The first kappa shape index (κ1) is 12.8. The Labute approximate surface area is 127 Å². The second kappa shape index (κ2) is 4.31. The first-order valence-electron chi connectivity index (χ1n) is 7.04. The van der Waals surface area contributed by atoms with Gasteiger partial charge in [0.05, 0.1) is 5.69 Å². The number of ketones is 1. The lowest BCUT2D eigenvalue weighted by Crippen LogP contribution is -2.32. The zero-order valence-corrected chi connectivity index (χ0v) is 13.3. The molecule has 1 aromatic carbocycles. The molecule has 4 heteroatoms. The summed E-state index contributed by atoms with van der Waals surface area (Å²) in [7, 11) is 2.12. The zero-order valence-electron chi connectivity index (χ0n) is 11.7. The van der Waals surface area contributed by atoms with Gasteiger partial charge in [-0.25, -0.2) is 0 Å². The third kappa shape index (κ3) is 1.52. The summed E-state index contributed by atoms with van der Waals surface area (Å²) in [5.74, 6) is 2.83. The molecule has 2 nitrogen and oxygen atoms in total. The molecule has 1 aromatic heterocycles. The fourth-order valence-electron chi connectivity index (χ4n) is 3.64. The van der Waals surface area contributed by atoms with Crippen molar-refractivity contribution in [3.05, 3.63) is 35.5 Å². The SMILES string of the molecule is C[C@H]1CC2(SCCS2)c2c(c3ccccc3n2C)C1=O. The van der Waals surface area contributed by atoms with E-state index in [1.54, 1.807) is 0 Å². The molecule has 0 N–H and O–H groups in total. The summed E-state index contributed by atoms with van der Waals surface area (Å²) in [6.45, 7) is 2.09. The van der Waals surface area contributed by atoms with Crippen molar-refractivity contribution in [2.45, 2.75) is 17.4 Å². The van der Waals surface area contributed by atoms with Crippen molar-refractivity contribution < 1.29 is 4.79 Å². The van der Waals surface area contributed by atoms with E-state index in [0.29, 0.717) is 5.78 Å². The number of carbonyl (C=O) groups is 1. The van der Waals surface area contributed by atoms with Gasteiger partial charge in [0.25, 0.3) is 0 Å². The number of rotatable bonds is 0. The van der Waals surface area contributed by atoms with E-state index >= 15 is 0 Å². The third-order valence-corrected chi connectivity index (χ3v) is 7.93. The summed E-state index contributed by atoms with van der Waals surface area (Å²) in [6, 6.07) is 8.33. The summed E-state index contributed by atoms with van der Waals surface area (Å²) in [5, 5.41) is 1.13. The van der Waals surface area contributed by atoms with Crippen LogP contribution >= 0.6 is 23.5 Å². The van der Waals surface area contributed by atoms with Crippen LogP contribution in [0.15, 0.2) is 24.3 Å². The number of thioether (sulfide) groups is 2. The fraction of sp³-hybridized carbons (Fsp3) is 0.438. The molecule has 0 bridgehead atoms. The Balaban J connectivity index is 2.11. The van der Waals surface area contributed by atoms with Gasteiger partial charge in [-0.15, -0.1) is 23.5 Å². The monoisotopic (exact) mass is 303 g/mol. The molecule has 0 saturated carbocycles. The number of fused-ring (bicyclic) bond motifs is 4.